The molecule has 9 nitrogen and oxygen atoms in total. The van der Waals surface area contributed by atoms with Gasteiger partial charge in [-0.1, -0.05) is 0 Å². The van der Waals surface area contributed by atoms with Gasteiger partial charge in [0.25, 0.3) is 5.91 Å². The molecule has 10 heteroatoms. The number of aliphatic carboxylic acids is 1. The lowest BCUT2D eigenvalue weighted by atomic mass is 9.90. The van der Waals surface area contributed by atoms with Crippen LogP contribution in [0.3, 0.4) is 0 Å². The van der Waals surface area contributed by atoms with Crippen LogP contribution in [0.1, 0.15) is 19.3 Å². The topological polar surface area (TPSA) is 133 Å². The number of hydrogen-bond donors (Lipinski definition) is 3. The van der Waals surface area contributed by atoms with Gasteiger partial charge in [-0.05, 0) is 12.8 Å². The van der Waals surface area contributed by atoms with Gasteiger partial charge < -0.3 is 10.4 Å². The quantitative estimate of drug-likeness (QED) is 0.539. The van der Waals surface area contributed by atoms with E-state index in [1.54, 1.807) is 0 Å². The fraction of sp³-hybridized carbons (Fsp3) is 0.700. The molecule has 0 aromatic heterocycles. The van der Waals surface area contributed by atoms with E-state index in [-0.39, 0.29) is 13.1 Å². The fourth-order valence-corrected chi connectivity index (χ4v) is 3.93. The number of carbonyl (C=O) groups excluding carboxylic acids is 2. The Hall–Kier alpha value is -1.68. The van der Waals surface area contributed by atoms with Gasteiger partial charge in [-0.15, -0.1) is 0 Å². The van der Waals surface area contributed by atoms with Crippen molar-refractivity contribution in [2.45, 2.75) is 24.8 Å². The van der Waals surface area contributed by atoms with Gasteiger partial charge in [-0.2, -0.15) is 4.31 Å². The molecule has 0 aromatic rings. The maximum atomic E-state index is 12.0. The lowest BCUT2D eigenvalue weighted by molar-refractivity contribution is -0.136. The molecule has 2 aliphatic rings. The number of rotatable bonds is 4. The highest BCUT2D eigenvalue weighted by atomic mass is 32.2. The molecule has 0 aliphatic carbocycles. The average molecular weight is 305 g/mol. The summed E-state index contributed by atoms with van der Waals surface area (Å²) in [6.07, 6.45) is 0.278. The molecule has 1 spiro atoms. The Morgan fingerprint density at radius 3 is 2.65 bits per heavy atom. The molecule has 2 saturated heterocycles. The van der Waals surface area contributed by atoms with Crippen molar-refractivity contribution in [1.82, 2.24) is 14.9 Å². The first-order valence-corrected chi connectivity index (χ1v) is 7.69. The molecule has 20 heavy (non-hydrogen) atoms. The van der Waals surface area contributed by atoms with Gasteiger partial charge in [0.2, 0.25) is 10.0 Å². The SMILES string of the molecule is O=C(O)CCS(=O)(=O)N1CCCC2(C1)NC(=O)NC2=O. The summed E-state index contributed by atoms with van der Waals surface area (Å²) in [5.74, 6) is -2.26. The number of amides is 3. The Morgan fingerprint density at radius 2 is 2.10 bits per heavy atom. The molecule has 112 valence electrons. The highest BCUT2D eigenvalue weighted by Gasteiger charge is 2.50. The second-order valence-electron chi connectivity index (χ2n) is 4.89. The second kappa shape index (κ2) is 5.02. The number of imide groups is 1. The minimum Gasteiger partial charge on any atom is -0.481 e. The molecule has 0 saturated carbocycles. The van der Waals surface area contributed by atoms with Gasteiger partial charge >= 0.3 is 12.0 Å². The van der Waals surface area contributed by atoms with Gasteiger partial charge in [-0.25, -0.2) is 13.2 Å². The Bertz CT molecular complexity index is 559. The molecular weight excluding hydrogens is 290 g/mol. The van der Waals surface area contributed by atoms with Gasteiger partial charge in [0.1, 0.15) is 5.54 Å². The smallest absolute Gasteiger partial charge is 0.322 e. The lowest BCUT2D eigenvalue weighted by Crippen LogP contribution is -2.59. The van der Waals surface area contributed by atoms with Crippen molar-refractivity contribution in [3.63, 3.8) is 0 Å². The van der Waals surface area contributed by atoms with Crippen molar-refractivity contribution in [2.75, 3.05) is 18.8 Å². The molecule has 3 N–H and O–H groups in total. The summed E-state index contributed by atoms with van der Waals surface area (Å²) in [5, 5.41) is 13.1. The van der Waals surface area contributed by atoms with Gasteiger partial charge in [0.15, 0.2) is 0 Å². The number of piperidine rings is 1. The van der Waals surface area contributed by atoms with Crippen LogP contribution < -0.4 is 10.6 Å². The van der Waals surface area contributed by atoms with E-state index in [0.717, 1.165) is 4.31 Å². The molecule has 2 fully saturated rings. The summed E-state index contributed by atoms with van der Waals surface area (Å²) >= 11 is 0. The van der Waals surface area contributed by atoms with E-state index in [4.69, 9.17) is 5.11 Å². The van der Waals surface area contributed by atoms with Crippen LogP contribution in [0.4, 0.5) is 4.79 Å². The maximum Gasteiger partial charge on any atom is 0.322 e. The normalized spacial score (nSPS) is 27.4. The number of sulfonamides is 1. The summed E-state index contributed by atoms with van der Waals surface area (Å²) < 4.78 is 25.1. The predicted octanol–water partition coefficient (Wildman–Crippen LogP) is -1.54. The average Bonchev–Trinajstić information content (AvgIpc) is 2.61. The van der Waals surface area contributed by atoms with Crippen LogP contribution in [-0.2, 0) is 19.6 Å². The van der Waals surface area contributed by atoms with E-state index in [9.17, 15) is 22.8 Å². The summed E-state index contributed by atoms with van der Waals surface area (Å²) in [7, 11) is -3.76. The molecule has 0 bridgehead atoms. The first-order valence-electron chi connectivity index (χ1n) is 6.08. The third kappa shape index (κ3) is 2.75. The molecule has 2 heterocycles. The third-order valence-electron chi connectivity index (χ3n) is 3.44. The van der Waals surface area contributed by atoms with Crippen molar-refractivity contribution in [3.05, 3.63) is 0 Å². The fourth-order valence-electron chi connectivity index (χ4n) is 2.41. The van der Waals surface area contributed by atoms with E-state index in [0.29, 0.717) is 12.8 Å². The number of nitrogens with one attached hydrogen (secondary N) is 2. The molecule has 3 amide bonds. The van der Waals surface area contributed by atoms with Crippen molar-refractivity contribution in [2.24, 2.45) is 0 Å². The number of hydrogen-bond acceptors (Lipinski definition) is 5. The third-order valence-corrected chi connectivity index (χ3v) is 5.26. The second-order valence-corrected chi connectivity index (χ2v) is 6.98. The van der Waals surface area contributed by atoms with Crippen molar-refractivity contribution < 1.29 is 27.9 Å². The van der Waals surface area contributed by atoms with Crippen molar-refractivity contribution in [1.29, 1.82) is 0 Å². The number of carboxylic acid groups (broad SMARTS) is 1. The maximum absolute atomic E-state index is 12.0. The number of carboxylic acids is 1. The van der Waals surface area contributed by atoms with Crippen LogP contribution in [0.15, 0.2) is 0 Å². The molecule has 2 aliphatic heterocycles. The first-order chi connectivity index (χ1) is 9.25. The van der Waals surface area contributed by atoms with E-state index in [1.165, 1.54) is 0 Å². The van der Waals surface area contributed by atoms with E-state index in [1.807, 2.05) is 0 Å². The Kier molecular flexibility index (Phi) is 3.69. The highest BCUT2D eigenvalue weighted by Crippen LogP contribution is 2.26. The standard InChI is InChI=1S/C10H15N3O6S/c14-7(15)2-5-20(18,19)13-4-1-3-10(6-13)8(16)11-9(17)12-10/h1-6H2,(H,14,15)(H2,11,12,16,17). The highest BCUT2D eigenvalue weighted by molar-refractivity contribution is 7.89. The summed E-state index contributed by atoms with van der Waals surface area (Å²) in [6.45, 7) is 0.0549. The number of nitrogens with zero attached hydrogens (tertiary/aromatic N) is 1. The van der Waals surface area contributed by atoms with Crippen LogP contribution >= 0.6 is 0 Å². The van der Waals surface area contributed by atoms with E-state index < -0.39 is 45.6 Å². The van der Waals surface area contributed by atoms with Crippen LogP contribution in [-0.4, -0.2) is 60.1 Å². The minimum absolute atomic E-state index is 0.160. The van der Waals surface area contributed by atoms with Gasteiger partial charge in [-0.3, -0.25) is 14.9 Å². The summed E-state index contributed by atoms with van der Waals surface area (Å²) in [4.78, 5) is 33.5. The Labute approximate surface area is 115 Å². The zero-order valence-corrected chi connectivity index (χ0v) is 11.4. The summed E-state index contributed by atoms with van der Waals surface area (Å²) in [5.41, 5.74) is -1.23. The largest absolute Gasteiger partial charge is 0.481 e. The molecular formula is C10H15N3O6S. The number of urea groups is 1. The zero-order chi connectivity index (χ0) is 15.0. The van der Waals surface area contributed by atoms with Crippen LogP contribution in [0.5, 0.6) is 0 Å². The Morgan fingerprint density at radius 1 is 1.40 bits per heavy atom. The van der Waals surface area contributed by atoms with Crippen LogP contribution in [0.25, 0.3) is 0 Å². The Balaban J connectivity index is 2.13. The van der Waals surface area contributed by atoms with E-state index >= 15 is 0 Å². The predicted molar refractivity (Wildman–Crippen MR) is 66.3 cm³/mol. The van der Waals surface area contributed by atoms with Crippen molar-refractivity contribution in [3.8, 4) is 0 Å². The monoisotopic (exact) mass is 305 g/mol. The summed E-state index contributed by atoms with van der Waals surface area (Å²) in [6, 6.07) is -0.639. The number of carbonyl (C=O) groups is 3. The molecule has 1 atom stereocenters. The molecule has 1 unspecified atom stereocenters. The van der Waals surface area contributed by atoms with Gasteiger partial charge in [0, 0.05) is 13.1 Å². The molecule has 2 rings (SSSR count). The van der Waals surface area contributed by atoms with Gasteiger partial charge in [0.05, 0.1) is 12.2 Å². The van der Waals surface area contributed by atoms with Crippen molar-refractivity contribution >= 4 is 27.9 Å². The minimum atomic E-state index is -3.76. The van der Waals surface area contributed by atoms with Crippen LogP contribution in [0.2, 0.25) is 0 Å². The first kappa shape index (κ1) is 14.7. The van der Waals surface area contributed by atoms with Crippen LogP contribution in [0, 0.1) is 0 Å². The zero-order valence-electron chi connectivity index (χ0n) is 10.6. The lowest BCUT2D eigenvalue weighted by Gasteiger charge is -2.37. The molecule has 0 aromatic carbocycles. The van der Waals surface area contributed by atoms with E-state index in [2.05, 4.69) is 10.6 Å². The molecule has 0 radical (unpaired) electrons.